The SMILES string of the molecule is CC1CCCCN1C(=O)C(N)Cc1ccccc1. The number of carbonyl (C=O) groups excluding carboxylic acids is 1. The Bertz CT molecular complexity index is 391. The van der Waals surface area contributed by atoms with Crippen LogP contribution in [0.1, 0.15) is 31.7 Å². The Hall–Kier alpha value is -1.35. The molecule has 0 bridgehead atoms. The summed E-state index contributed by atoms with van der Waals surface area (Å²) in [6.45, 7) is 2.98. The fraction of sp³-hybridized carbons (Fsp3) is 0.533. The molecule has 1 amide bonds. The van der Waals surface area contributed by atoms with Gasteiger partial charge in [0.2, 0.25) is 5.91 Å². The van der Waals surface area contributed by atoms with Crippen LogP contribution in [0.15, 0.2) is 30.3 Å². The van der Waals surface area contributed by atoms with Crippen molar-refractivity contribution in [2.75, 3.05) is 6.54 Å². The predicted molar refractivity (Wildman–Crippen MR) is 73.1 cm³/mol. The van der Waals surface area contributed by atoms with E-state index in [1.807, 2.05) is 35.2 Å². The van der Waals surface area contributed by atoms with Gasteiger partial charge >= 0.3 is 0 Å². The Morgan fingerprint density at radius 2 is 2.11 bits per heavy atom. The maximum atomic E-state index is 12.3. The average molecular weight is 246 g/mol. The van der Waals surface area contributed by atoms with Gasteiger partial charge < -0.3 is 10.6 Å². The first-order valence-corrected chi connectivity index (χ1v) is 6.78. The summed E-state index contributed by atoms with van der Waals surface area (Å²) in [5, 5.41) is 0. The van der Waals surface area contributed by atoms with Gasteiger partial charge in [0.1, 0.15) is 0 Å². The molecule has 3 heteroatoms. The van der Waals surface area contributed by atoms with Crippen molar-refractivity contribution in [2.24, 2.45) is 5.73 Å². The molecule has 1 heterocycles. The summed E-state index contributed by atoms with van der Waals surface area (Å²) in [4.78, 5) is 14.3. The van der Waals surface area contributed by atoms with Crippen molar-refractivity contribution in [3.05, 3.63) is 35.9 Å². The third-order valence-corrected chi connectivity index (χ3v) is 3.70. The number of carbonyl (C=O) groups is 1. The van der Waals surface area contributed by atoms with Crippen LogP contribution in [0.5, 0.6) is 0 Å². The number of nitrogens with zero attached hydrogens (tertiary/aromatic N) is 1. The first-order valence-electron chi connectivity index (χ1n) is 6.78. The number of benzene rings is 1. The van der Waals surface area contributed by atoms with E-state index in [-0.39, 0.29) is 5.91 Å². The molecule has 0 spiro atoms. The summed E-state index contributed by atoms with van der Waals surface area (Å²) in [5.41, 5.74) is 7.18. The highest BCUT2D eigenvalue weighted by Gasteiger charge is 2.27. The molecule has 2 atom stereocenters. The van der Waals surface area contributed by atoms with Gasteiger partial charge in [-0.2, -0.15) is 0 Å². The van der Waals surface area contributed by atoms with Crippen LogP contribution in [0.4, 0.5) is 0 Å². The van der Waals surface area contributed by atoms with Gasteiger partial charge in [-0.05, 0) is 38.2 Å². The Kier molecular flexibility index (Phi) is 4.37. The van der Waals surface area contributed by atoms with E-state index in [9.17, 15) is 4.79 Å². The third-order valence-electron chi connectivity index (χ3n) is 3.70. The van der Waals surface area contributed by atoms with Gasteiger partial charge in [0, 0.05) is 12.6 Å². The first kappa shape index (κ1) is 13.1. The molecule has 1 saturated heterocycles. The Morgan fingerprint density at radius 1 is 1.39 bits per heavy atom. The lowest BCUT2D eigenvalue weighted by molar-refractivity contribution is -0.135. The van der Waals surface area contributed by atoms with Crippen LogP contribution in [0.2, 0.25) is 0 Å². The molecular weight excluding hydrogens is 224 g/mol. The Morgan fingerprint density at radius 3 is 2.78 bits per heavy atom. The maximum Gasteiger partial charge on any atom is 0.240 e. The lowest BCUT2D eigenvalue weighted by atomic mass is 10.0. The van der Waals surface area contributed by atoms with Crippen LogP contribution >= 0.6 is 0 Å². The first-order chi connectivity index (χ1) is 8.68. The molecule has 0 radical (unpaired) electrons. The van der Waals surface area contributed by atoms with Crippen molar-refractivity contribution >= 4 is 5.91 Å². The average Bonchev–Trinajstić information content (AvgIpc) is 2.39. The molecule has 2 rings (SSSR count). The van der Waals surface area contributed by atoms with Crippen molar-refractivity contribution in [3.63, 3.8) is 0 Å². The normalized spacial score (nSPS) is 21.7. The summed E-state index contributed by atoms with van der Waals surface area (Å²) in [5.74, 6) is 0.103. The number of hydrogen-bond donors (Lipinski definition) is 1. The minimum Gasteiger partial charge on any atom is -0.339 e. The number of rotatable bonds is 3. The lowest BCUT2D eigenvalue weighted by Crippen LogP contribution is -2.50. The van der Waals surface area contributed by atoms with Gasteiger partial charge in [0.05, 0.1) is 6.04 Å². The zero-order valence-electron chi connectivity index (χ0n) is 11.0. The van der Waals surface area contributed by atoms with E-state index >= 15 is 0 Å². The summed E-state index contributed by atoms with van der Waals surface area (Å²) in [6.07, 6.45) is 4.06. The fourth-order valence-electron chi connectivity index (χ4n) is 2.59. The highest BCUT2D eigenvalue weighted by atomic mass is 16.2. The second-order valence-electron chi connectivity index (χ2n) is 5.17. The van der Waals surface area contributed by atoms with E-state index in [0.717, 1.165) is 24.9 Å². The molecule has 1 fully saturated rings. The van der Waals surface area contributed by atoms with E-state index in [1.54, 1.807) is 0 Å². The van der Waals surface area contributed by atoms with E-state index in [4.69, 9.17) is 5.73 Å². The van der Waals surface area contributed by atoms with Crippen LogP contribution < -0.4 is 5.73 Å². The van der Waals surface area contributed by atoms with Crippen molar-refractivity contribution in [1.29, 1.82) is 0 Å². The zero-order valence-corrected chi connectivity index (χ0v) is 11.0. The van der Waals surface area contributed by atoms with Gasteiger partial charge in [0.15, 0.2) is 0 Å². The molecule has 0 aromatic heterocycles. The molecule has 0 aliphatic carbocycles. The molecule has 1 aromatic rings. The quantitative estimate of drug-likeness (QED) is 0.886. The van der Waals surface area contributed by atoms with Gasteiger partial charge in [-0.1, -0.05) is 30.3 Å². The van der Waals surface area contributed by atoms with Gasteiger partial charge in [-0.3, -0.25) is 4.79 Å². The number of piperidine rings is 1. The molecule has 2 N–H and O–H groups in total. The number of likely N-dealkylation sites (tertiary alicyclic amines) is 1. The van der Waals surface area contributed by atoms with Gasteiger partial charge in [-0.15, -0.1) is 0 Å². The van der Waals surface area contributed by atoms with E-state index in [0.29, 0.717) is 12.5 Å². The van der Waals surface area contributed by atoms with Crippen LogP contribution in [0.3, 0.4) is 0 Å². The van der Waals surface area contributed by atoms with Crippen LogP contribution in [0, 0.1) is 0 Å². The highest BCUT2D eigenvalue weighted by molar-refractivity contribution is 5.82. The minimum atomic E-state index is -0.409. The van der Waals surface area contributed by atoms with Crippen molar-refractivity contribution in [2.45, 2.75) is 44.7 Å². The zero-order chi connectivity index (χ0) is 13.0. The molecule has 0 saturated carbocycles. The van der Waals surface area contributed by atoms with Gasteiger partial charge in [-0.25, -0.2) is 0 Å². The van der Waals surface area contributed by atoms with Crippen molar-refractivity contribution in [3.8, 4) is 0 Å². The van der Waals surface area contributed by atoms with E-state index < -0.39 is 6.04 Å². The second kappa shape index (κ2) is 6.01. The number of amides is 1. The van der Waals surface area contributed by atoms with E-state index in [2.05, 4.69) is 6.92 Å². The smallest absolute Gasteiger partial charge is 0.240 e. The van der Waals surface area contributed by atoms with Crippen molar-refractivity contribution in [1.82, 2.24) is 4.90 Å². The van der Waals surface area contributed by atoms with Crippen LogP contribution in [0.25, 0.3) is 0 Å². The molecular formula is C15H22N2O. The molecule has 3 nitrogen and oxygen atoms in total. The molecule has 1 aliphatic rings. The van der Waals surface area contributed by atoms with E-state index in [1.165, 1.54) is 6.42 Å². The predicted octanol–water partition coefficient (Wildman–Crippen LogP) is 1.96. The fourth-order valence-corrected chi connectivity index (χ4v) is 2.59. The molecule has 98 valence electrons. The molecule has 18 heavy (non-hydrogen) atoms. The molecule has 1 aliphatic heterocycles. The van der Waals surface area contributed by atoms with Crippen LogP contribution in [-0.4, -0.2) is 29.4 Å². The Balaban J connectivity index is 1.96. The summed E-state index contributed by atoms with van der Waals surface area (Å²) in [7, 11) is 0. The monoisotopic (exact) mass is 246 g/mol. The standard InChI is InChI=1S/C15H22N2O/c1-12-7-5-6-10-17(12)15(18)14(16)11-13-8-3-2-4-9-13/h2-4,8-9,12,14H,5-7,10-11,16H2,1H3. The largest absolute Gasteiger partial charge is 0.339 e. The van der Waals surface area contributed by atoms with Crippen molar-refractivity contribution < 1.29 is 4.79 Å². The number of hydrogen-bond acceptors (Lipinski definition) is 2. The third kappa shape index (κ3) is 3.10. The maximum absolute atomic E-state index is 12.3. The number of nitrogens with two attached hydrogens (primary N) is 1. The lowest BCUT2D eigenvalue weighted by Gasteiger charge is -2.35. The summed E-state index contributed by atoms with van der Waals surface area (Å²) >= 11 is 0. The van der Waals surface area contributed by atoms with Gasteiger partial charge in [0.25, 0.3) is 0 Å². The summed E-state index contributed by atoms with van der Waals surface area (Å²) < 4.78 is 0. The second-order valence-corrected chi connectivity index (χ2v) is 5.17. The molecule has 2 unspecified atom stereocenters. The topological polar surface area (TPSA) is 46.3 Å². The van der Waals surface area contributed by atoms with Crippen LogP contribution in [-0.2, 0) is 11.2 Å². The summed E-state index contributed by atoms with van der Waals surface area (Å²) in [6, 6.07) is 9.91. The Labute approximate surface area is 109 Å². The molecule has 1 aromatic carbocycles. The highest BCUT2D eigenvalue weighted by Crippen LogP contribution is 2.17. The minimum absolute atomic E-state index is 0.103.